The summed E-state index contributed by atoms with van der Waals surface area (Å²) < 4.78 is 0. The Kier molecular flexibility index (Phi) is 5.48. The predicted molar refractivity (Wildman–Crippen MR) is 144 cm³/mol. The Balaban J connectivity index is 1.66. The number of hydrogen-bond acceptors (Lipinski definition) is 2. The first kappa shape index (κ1) is 21.7. The van der Waals surface area contributed by atoms with Crippen molar-refractivity contribution in [2.24, 2.45) is 0 Å². The van der Waals surface area contributed by atoms with E-state index in [1.54, 1.807) is 30.3 Å². The third kappa shape index (κ3) is 3.70. The standard InChI is InChI=1S/C34H22O2/c35-33-27-18-10-11-19-28(27)34(36)30-22-26(20-21-29(30)33)32(25-16-8-3-9-17-25)31(23-12-4-1-5-13-23)24-14-6-2-7-15-24/h1-22H. The van der Waals surface area contributed by atoms with Gasteiger partial charge in [0.15, 0.2) is 11.6 Å². The Morgan fingerprint density at radius 3 is 1.17 bits per heavy atom. The fourth-order valence-corrected chi connectivity index (χ4v) is 4.98. The lowest BCUT2D eigenvalue weighted by molar-refractivity contribution is 0.0979. The van der Waals surface area contributed by atoms with E-state index in [-0.39, 0.29) is 11.6 Å². The number of ketones is 2. The zero-order valence-corrected chi connectivity index (χ0v) is 19.5. The predicted octanol–water partition coefficient (Wildman–Crippen LogP) is 7.47. The Labute approximate surface area is 210 Å². The molecule has 0 unspecified atom stereocenters. The van der Waals surface area contributed by atoms with Gasteiger partial charge in [0, 0.05) is 22.3 Å². The zero-order valence-electron chi connectivity index (χ0n) is 19.5. The molecular formula is C34H22O2. The van der Waals surface area contributed by atoms with Gasteiger partial charge in [-0.05, 0) is 45.5 Å². The Bertz CT molecular complexity index is 1590. The molecule has 0 saturated heterocycles. The van der Waals surface area contributed by atoms with Gasteiger partial charge >= 0.3 is 0 Å². The lowest BCUT2D eigenvalue weighted by atomic mass is 9.80. The maximum atomic E-state index is 13.5. The average molecular weight is 463 g/mol. The molecule has 1 aliphatic rings. The molecule has 1 aliphatic carbocycles. The molecule has 0 heterocycles. The van der Waals surface area contributed by atoms with Gasteiger partial charge in [0.05, 0.1) is 0 Å². The molecule has 0 bridgehead atoms. The highest BCUT2D eigenvalue weighted by Crippen LogP contribution is 2.38. The molecule has 0 amide bonds. The fourth-order valence-electron chi connectivity index (χ4n) is 4.98. The van der Waals surface area contributed by atoms with Crippen molar-refractivity contribution in [3.63, 3.8) is 0 Å². The maximum absolute atomic E-state index is 13.5. The second-order valence-electron chi connectivity index (χ2n) is 8.81. The Morgan fingerprint density at radius 1 is 0.333 bits per heavy atom. The fraction of sp³-hybridized carbons (Fsp3) is 0. The minimum absolute atomic E-state index is 0.108. The number of benzene rings is 5. The molecule has 0 fully saturated rings. The zero-order chi connectivity index (χ0) is 24.5. The van der Waals surface area contributed by atoms with E-state index in [4.69, 9.17) is 0 Å². The molecule has 5 aromatic carbocycles. The van der Waals surface area contributed by atoms with E-state index in [9.17, 15) is 9.59 Å². The van der Waals surface area contributed by atoms with E-state index in [0.717, 1.165) is 33.4 Å². The smallest absolute Gasteiger partial charge is 0.194 e. The molecular weight excluding hydrogens is 440 g/mol. The summed E-state index contributed by atoms with van der Waals surface area (Å²) in [6, 6.07) is 43.5. The van der Waals surface area contributed by atoms with Crippen molar-refractivity contribution in [3.8, 4) is 0 Å². The van der Waals surface area contributed by atoms with Crippen molar-refractivity contribution in [3.05, 3.63) is 178 Å². The van der Waals surface area contributed by atoms with Crippen LogP contribution in [-0.4, -0.2) is 11.6 Å². The number of carbonyl (C=O) groups excluding carboxylic acids is 2. The van der Waals surface area contributed by atoms with Crippen molar-refractivity contribution in [1.29, 1.82) is 0 Å². The molecule has 36 heavy (non-hydrogen) atoms. The second kappa shape index (κ2) is 9.09. The summed E-state index contributed by atoms with van der Waals surface area (Å²) in [7, 11) is 0. The summed E-state index contributed by atoms with van der Waals surface area (Å²) >= 11 is 0. The summed E-state index contributed by atoms with van der Waals surface area (Å²) in [4.78, 5) is 26.7. The Morgan fingerprint density at radius 2 is 0.694 bits per heavy atom. The van der Waals surface area contributed by atoms with Crippen LogP contribution in [0.25, 0.3) is 11.1 Å². The second-order valence-corrected chi connectivity index (χ2v) is 8.81. The van der Waals surface area contributed by atoms with Crippen LogP contribution in [0.2, 0.25) is 0 Å². The average Bonchev–Trinajstić information content (AvgIpc) is 2.96. The Hall–Kier alpha value is -4.82. The van der Waals surface area contributed by atoms with Gasteiger partial charge < -0.3 is 0 Å². The van der Waals surface area contributed by atoms with Gasteiger partial charge in [-0.25, -0.2) is 0 Å². The first-order valence-corrected chi connectivity index (χ1v) is 12.0. The normalized spacial score (nSPS) is 12.0. The largest absolute Gasteiger partial charge is 0.289 e. The van der Waals surface area contributed by atoms with Crippen molar-refractivity contribution >= 4 is 22.7 Å². The van der Waals surface area contributed by atoms with E-state index in [0.29, 0.717) is 22.3 Å². The monoisotopic (exact) mass is 462 g/mol. The number of fused-ring (bicyclic) bond motifs is 2. The number of carbonyl (C=O) groups is 2. The molecule has 0 aromatic heterocycles. The van der Waals surface area contributed by atoms with Gasteiger partial charge in [-0.3, -0.25) is 9.59 Å². The first-order chi connectivity index (χ1) is 17.7. The van der Waals surface area contributed by atoms with Crippen LogP contribution >= 0.6 is 0 Å². The molecule has 0 aliphatic heterocycles. The molecule has 6 rings (SSSR count). The molecule has 2 nitrogen and oxygen atoms in total. The van der Waals surface area contributed by atoms with Gasteiger partial charge in [0.25, 0.3) is 0 Å². The molecule has 2 heteroatoms. The molecule has 0 atom stereocenters. The van der Waals surface area contributed by atoms with Crippen molar-refractivity contribution in [1.82, 2.24) is 0 Å². The molecule has 5 aromatic rings. The van der Waals surface area contributed by atoms with E-state index < -0.39 is 0 Å². The molecule has 0 spiro atoms. The van der Waals surface area contributed by atoms with Crippen molar-refractivity contribution < 1.29 is 9.59 Å². The molecule has 170 valence electrons. The number of rotatable bonds is 4. The summed E-state index contributed by atoms with van der Waals surface area (Å²) in [5.74, 6) is -0.223. The van der Waals surface area contributed by atoms with Crippen LogP contribution in [0.3, 0.4) is 0 Å². The highest BCUT2D eigenvalue weighted by atomic mass is 16.1. The van der Waals surface area contributed by atoms with Crippen LogP contribution in [0, 0.1) is 0 Å². The van der Waals surface area contributed by atoms with Gasteiger partial charge in [0.1, 0.15) is 0 Å². The highest BCUT2D eigenvalue weighted by Gasteiger charge is 2.30. The van der Waals surface area contributed by atoms with E-state index in [1.807, 2.05) is 66.7 Å². The van der Waals surface area contributed by atoms with Crippen LogP contribution in [0.1, 0.15) is 54.1 Å². The highest BCUT2D eigenvalue weighted by molar-refractivity contribution is 6.28. The van der Waals surface area contributed by atoms with Gasteiger partial charge in [0.2, 0.25) is 0 Å². The topological polar surface area (TPSA) is 34.1 Å². The molecule has 0 radical (unpaired) electrons. The quantitative estimate of drug-likeness (QED) is 0.255. The van der Waals surface area contributed by atoms with Crippen molar-refractivity contribution in [2.75, 3.05) is 0 Å². The lowest BCUT2D eigenvalue weighted by Crippen LogP contribution is -2.21. The van der Waals surface area contributed by atoms with E-state index >= 15 is 0 Å². The van der Waals surface area contributed by atoms with E-state index in [1.165, 1.54) is 0 Å². The summed E-state index contributed by atoms with van der Waals surface area (Å²) in [6.45, 7) is 0. The SMILES string of the molecule is O=C1c2ccccc2C(=O)c2cc(C(=C(c3ccccc3)c3ccccc3)c3ccccc3)ccc21. The minimum Gasteiger partial charge on any atom is -0.289 e. The summed E-state index contributed by atoms with van der Waals surface area (Å²) in [5.41, 5.74) is 7.99. The first-order valence-electron chi connectivity index (χ1n) is 12.0. The third-order valence-electron chi connectivity index (χ3n) is 6.65. The van der Waals surface area contributed by atoms with Crippen LogP contribution in [-0.2, 0) is 0 Å². The van der Waals surface area contributed by atoms with Crippen LogP contribution in [0.4, 0.5) is 0 Å². The van der Waals surface area contributed by atoms with Gasteiger partial charge in [-0.1, -0.05) is 121 Å². The van der Waals surface area contributed by atoms with E-state index in [2.05, 4.69) is 36.4 Å². The van der Waals surface area contributed by atoms with Crippen LogP contribution < -0.4 is 0 Å². The summed E-state index contributed by atoms with van der Waals surface area (Å²) in [6.07, 6.45) is 0. The van der Waals surface area contributed by atoms with Gasteiger partial charge in [-0.2, -0.15) is 0 Å². The maximum Gasteiger partial charge on any atom is 0.194 e. The molecule has 0 saturated carbocycles. The molecule has 0 N–H and O–H groups in total. The summed E-state index contributed by atoms with van der Waals surface area (Å²) in [5, 5.41) is 0. The lowest BCUT2D eigenvalue weighted by Gasteiger charge is -2.21. The minimum atomic E-state index is -0.115. The van der Waals surface area contributed by atoms with Crippen molar-refractivity contribution in [2.45, 2.75) is 0 Å². The van der Waals surface area contributed by atoms with Crippen LogP contribution in [0.5, 0.6) is 0 Å². The van der Waals surface area contributed by atoms with Gasteiger partial charge in [-0.15, -0.1) is 0 Å². The van der Waals surface area contributed by atoms with Crippen LogP contribution in [0.15, 0.2) is 133 Å². The third-order valence-corrected chi connectivity index (χ3v) is 6.65. The number of hydrogen-bond donors (Lipinski definition) is 0.